The van der Waals surface area contributed by atoms with E-state index in [0.29, 0.717) is 12.5 Å². The third-order valence-corrected chi connectivity index (χ3v) is 6.53. The molecule has 4 rings (SSSR count). The fourth-order valence-corrected chi connectivity index (χ4v) is 4.78. The zero-order chi connectivity index (χ0) is 19.5. The standard InChI is InChI=1S/C20H25N5O2S/c21-18(27)17(13-4-2-1-3-5-13)28-19-15-6-9-22-12-16(15)23-20(24-19)25-10-7-14(26)8-11-25/h1-5,14,17,22,26H,6-12H2,(H2,21,27). The summed E-state index contributed by atoms with van der Waals surface area (Å²) in [5.41, 5.74) is 8.70. The van der Waals surface area contributed by atoms with E-state index in [4.69, 9.17) is 15.7 Å². The van der Waals surface area contributed by atoms with E-state index in [2.05, 4.69) is 10.2 Å². The monoisotopic (exact) mass is 399 g/mol. The van der Waals surface area contributed by atoms with Gasteiger partial charge in [0.1, 0.15) is 10.3 Å². The average molecular weight is 400 g/mol. The van der Waals surface area contributed by atoms with E-state index in [9.17, 15) is 9.90 Å². The number of nitrogens with one attached hydrogen (secondary N) is 1. The lowest BCUT2D eigenvalue weighted by Crippen LogP contribution is -2.37. The molecule has 0 bridgehead atoms. The van der Waals surface area contributed by atoms with Gasteiger partial charge in [0.2, 0.25) is 11.9 Å². The molecule has 2 aliphatic heterocycles. The fourth-order valence-electron chi connectivity index (χ4n) is 3.65. The maximum atomic E-state index is 12.2. The highest BCUT2D eigenvalue weighted by Gasteiger charge is 2.27. The summed E-state index contributed by atoms with van der Waals surface area (Å²) >= 11 is 1.41. The van der Waals surface area contributed by atoms with Gasteiger partial charge < -0.3 is 21.1 Å². The van der Waals surface area contributed by atoms with E-state index < -0.39 is 5.25 Å². The van der Waals surface area contributed by atoms with Crippen molar-refractivity contribution in [3.63, 3.8) is 0 Å². The largest absolute Gasteiger partial charge is 0.393 e. The molecule has 2 aliphatic rings. The molecular weight excluding hydrogens is 374 g/mol. The number of rotatable bonds is 5. The minimum absolute atomic E-state index is 0.248. The normalized spacial score (nSPS) is 18.5. The number of benzene rings is 1. The first-order valence-corrected chi connectivity index (χ1v) is 10.5. The van der Waals surface area contributed by atoms with Gasteiger partial charge in [0.15, 0.2) is 0 Å². The van der Waals surface area contributed by atoms with Crippen molar-refractivity contribution >= 4 is 23.6 Å². The number of carbonyl (C=O) groups excluding carboxylic acids is 1. The third-order valence-electron chi connectivity index (χ3n) is 5.22. The number of anilines is 1. The second kappa shape index (κ2) is 8.46. The highest BCUT2D eigenvalue weighted by atomic mass is 32.2. The molecule has 1 unspecified atom stereocenters. The van der Waals surface area contributed by atoms with E-state index in [1.165, 1.54) is 11.8 Å². The fraction of sp³-hybridized carbons (Fsp3) is 0.450. The average Bonchev–Trinajstić information content (AvgIpc) is 2.72. The van der Waals surface area contributed by atoms with Crippen LogP contribution in [0, 0.1) is 0 Å². The summed E-state index contributed by atoms with van der Waals surface area (Å²) in [4.78, 5) is 24.0. The molecule has 3 heterocycles. The van der Waals surface area contributed by atoms with Gasteiger partial charge in [-0.05, 0) is 31.4 Å². The second-order valence-corrected chi connectivity index (χ2v) is 8.30. The number of primary amides is 1. The van der Waals surface area contributed by atoms with Gasteiger partial charge >= 0.3 is 0 Å². The molecule has 0 spiro atoms. The van der Waals surface area contributed by atoms with E-state index in [-0.39, 0.29) is 12.0 Å². The van der Waals surface area contributed by atoms with Crippen LogP contribution in [0.5, 0.6) is 0 Å². The first-order chi connectivity index (χ1) is 13.6. The Morgan fingerprint density at radius 1 is 1.25 bits per heavy atom. The lowest BCUT2D eigenvalue weighted by atomic mass is 10.1. The molecule has 7 nitrogen and oxygen atoms in total. The Labute approximate surface area is 168 Å². The number of thioether (sulfide) groups is 1. The van der Waals surface area contributed by atoms with Crippen LogP contribution in [0.15, 0.2) is 35.4 Å². The van der Waals surface area contributed by atoms with Crippen molar-refractivity contribution in [2.24, 2.45) is 5.73 Å². The van der Waals surface area contributed by atoms with Crippen LogP contribution in [0.4, 0.5) is 5.95 Å². The van der Waals surface area contributed by atoms with Gasteiger partial charge in [-0.1, -0.05) is 42.1 Å². The molecule has 1 aromatic carbocycles. The van der Waals surface area contributed by atoms with Crippen molar-refractivity contribution in [3.8, 4) is 0 Å². The van der Waals surface area contributed by atoms with Crippen LogP contribution in [0.25, 0.3) is 0 Å². The van der Waals surface area contributed by atoms with Crippen LogP contribution in [0.3, 0.4) is 0 Å². The Hall–Kier alpha value is -2.16. The van der Waals surface area contributed by atoms with Crippen molar-refractivity contribution in [2.75, 3.05) is 24.5 Å². The van der Waals surface area contributed by atoms with E-state index in [0.717, 1.165) is 60.7 Å². The molecular formula is C20H25N5O2S. The van der Waals surface area contributed by atoms with Gasteiger partial charge in [0.05, 0.1) is 11.8 Å². The molecule has 0 saturated carbocycles. The van der Waals surface area contributed by atoms with Gasteiger partial charge in [-0.3, -0.25) is 4.79 Å². The Morgan fingerprint density at radius 3 is 2.71 bits per heavy atom. The molecule has 1 fully saturated rings. The van der Waals surface area contributed by atoms with Crippen molar-refractivity contribution in [3.05, 3.63) is 47.2 Å². The lowest BCUT2D eigenvalue weighted by Gasteiger charge is -2.31. The highest BCUT2D eigenvalue weighted by Crippen LogP contribution is 2.38. The van der Waals surface area contributed by atoms with Crippen LogP contribution < -0.4 is 16.0 Å². The summed E-state index contributed by atoms with van der Waals surface area (Å²) in [5.74, 6) is 0.299. The number of hydrogen-bond acceptors (Lipinski definition) is 7. The summed E-state index contributed by atoms with van der Waals surface area (Å²) in [6.45, 7) is 3.03. The Balaban J connectivity index is 1.68. The Bertz CT molecular complexity index is 840. The number of amides is 1. The number of nitrogens with two attached hydrogens (primary N) is 1. The quantitative estimate of drug-likeness (QED) is 0.516. The topological polar surface area (TPSA) is 104 Å². The summed E-state index contributed by atoms with van der Waals surface area (Å²) in [6.07, 6.45) is 2.02. The highest BCUT2D eigenvalue weighted by molar-refractivity contribution is 8.00. The molecule has 1 amide bonds. The van der Waals surface area contributed by atoms with Crippen molar-refractivity contribution in [2.45, 2.75) is 42.2 Å². The van der Waals surface area contributed by atoms with Crippen LogP contribution >= 0.6 is 11.8 Å². The number of nitrogens with zero attached hydrogens (tertiary/aromatic N) is 3. The van der Waals surface area contributed by atoms with E-state index >= 15 is 0 Å². The first kappa shape index (κ1) is 19.2. The summed E-state index contributed by atoms with van der Waals surface area (Å²) in [6, 6.07) is 9.59. The predicted molar refractivity (Wildman–Crippen MR) is 109 cm³/mol. The Morgan fingerprint density at radius 2 is 2.00 bits per heavy atom. The number of hydrogen-bond donors (Lipinski definition) is 3. The SMILES string of the molecule is NC(=O)C(Sc1nc(N2CCC(O)CC2)nc2c1CCNC2)c1ccccc1. The minimum atomic E-state index is -0.494. The second-order valence-electron chi connectivity index (χ2n) is 7.21. The zero-order valence-electron chi connectivity index (χ0n) is 15.7. The molecule has 1 aromatic heterocycles. The van der Waals surface area contributed by atoms with Gasteiger partial charge in [-0.25, -0.2) is 9.97 Å². The number of aliphatic hydroxyl groups is 1. The smallest absolute Gasteiger partial charge is 0.235 e. The zero-order valence-corrected chi connectivity index (χ0v) is 16.5. The summed E-state index contributed by atoms with van der Waals surface area (Å²) in [7, 11) is 0. The molecule has 1 atom stereocenters. The van der Waals surface area contributed by atoms with Crippen LogP contribution in [0.2, 0.25) is 0 Å². The van der Waals surface area contributed by atoms with Gasteiger partial charge in [-0.15, -0.1) is 0 Å². The number of aliphatic hydroxyl groups excluding tert-OH is 1. The molecule has 0 aliphatic carbocycles. The molecule has 28 heavy (non-hydrogen) atoms. The number of fused-ring (bicyclic) bond motifs is 1. The molecule has 1 saturated heterocycles. The van der Waals surface area contributed by atoms with Crippen LogP contribution in [-0.4, -0.2) is 46.7 Å². The number of piperidine rings is 1. The van der Waals surface area contributed by atoms with Crippen molar-refractivity contribution < 1.29 is 9.90 Å². The molecule has 4 N–H and O–H groups in total. The van der Waals surface area contributed by atoms with Gasteiger partial charge in [-0.2, -0.15) is 0 Å². The van der Waals surface area contributed by atoms with Gasteiger partial charge in [0, 0.05) is 25.2 Å². The number of carbonyl (C=O) groups is 1. The minimum Gasteiger partial charge on any atom is -0.393 e. The Kier molecular flexibility index (Phi) is 5.79. The van der Waals surface area contributed by atoms with Gasteiger partial charge in [0.25, 0.3) is 0 Å². The van der Waals surface area contributed by atoms with E-state index in [1.807, 2.05) is 30.3 Å². The van der Waals surface area contributed by atoms with Crippen LogP contribution in [0.1, 0.15) is 34.9 Å². The van der Waals surface area contributed by atoms with Crippen LogP contribution in [-0.2, 0) is 17.8 Å². The molecule has 2 aromatic rings. The predicted octanol–water partition coefficient (Wildman–Crippen LogP) is 1.40. The maximum Gasteiger partial charge on any atom is 0.235 e. The molecule has 8 heteroatoms. The summed E-state index contributed by atoms with van der Waals surface area (Å²) < 4.78 is 0. The molecule has 0 radical (unpaired) electrons. The lowest BCUT2D eigenvalue weighted by molar-refractivity contribution is -0.117. The van der Waals surface area contributed by atoms with Crippen molar-refractivity contribution in [1.29, 1.82) is 0 Å². The number of aromatic nitrogens is 2. The van der Waals surface area contributed by atoms with E-state index in [1.54, 1.807) is 0 Å². The maximum absolute atomic E-state index is 12.2. The molecule has 148 valence electrons. The van der Waals surface area contributed by atoms with Crippen molar-refractivity contribution in [1.82, 2.24) is 15.3 Å². The first-order valence-electron chi connectivity index (χ1n) is 9.66. The third kappa shape index (κ3) is 4.14. The summed E-state index contributed by atoms with van der Waals surface area (Å²) in [5, 5.41) is 13.5.